The van der Waals surface area contributed by atoms with E-state index in [-0.39, 0.29) is 5.56 Å². The molecule has 0 aliphatic rings. The number of carbonyl (C=O) groups is 2. The molecule has 0 bridgehead atoms. The summed E-state index contributed by atoms with van der Waals surface area (Å²) in [6, 6.07) is 5.83. The number of hydrogen-bond acceptors (Lipinski definition) is 3. The highest BCUT2D eigenvalue weighted by Crippen LogP contribution is 2.17. The lowest BCUT2D eigenvalue weighted by atomic mass is 10.1. The minimum Gasteiger partial charge on any atom is -0.478 e. The van der Waals surface area contributed by atoms with Crippen LogP contribution in [0.1, 0.15) is 36.0 Å². The van der Waals surface area contributed by atoms with Gasteiger partial charge in [-0.25, -0.2) is 9.59 Å². The first-order valence-electron chi connectivity index (χ1n) is 6.60. The third-order valence-electron chi connectivity index (χ3n) is 2.99. The van der Waals surface area contributed by atoms with Crippen LogP contribution >= 0.6 is 0 Å². The molecule has 1 amide bonds. The van der Waals surface area contributed by atoms with E-state index >= 15 is 0 Å². The van der Waals surface area contributed by atoms with Crippen molar-refractivity contribution < 1.29 is 19.8 Å². The summed E-state index contributed by atoms with van der Waals surface area (Å²) < 4.78 is 0. The highest BCUT2D eigenvalue weighted by molar-refractivity contribution is 5.90. The van der Waals surface area contributed by atoms with Crippen LogP contribution in [0.25, 0.3) is 0 Å². The van der Waals surface area contributed by atoms with E-state index in [0.29, 0.717) is 18.8 Å². The molecule has 0 heterocycles. The lowest BCUT2D eigenvalue weighted by molar-refractivity contribution is 0.0697. The Bertz CT molecular complexity index is 445. The number of aromatic carboxylic acids is 1. The molecule has 0 fully saturated rings. The number of anilines is 1. The van der Waals surface area contributed by atoms with Gasteiger partial charge < -0.3 is 15.9 Å². The number of hydrogen-bond donors (Lipinski definition) is 3. The van der Waals surface area contributed by atoms with Crippen molar-refractivity contribution >= 4 is 17.7 Å². The maximum atomic E-state index is 11.2. The van der Waals surface area contributed by atoms with Gasteiger partial charge in [0, 0.05) is 12.2 Å². The molecule has 0 radical (unpaired) electrons. The van der Waals surface area contributed by atoms with Gasteiger partial charge in [0.1, 0.15) is 0 Å². The molecule has 6 nitrogen and oxygen atoms in total. The van der Waals surface area contributed by atoms with E-state index in [1.54, 1.807) is 0 Å². The van der Waals surface area contributed by atoms with Crippen LogP contribution in [0.15, 0.2) is 24.3 Å². The summed E-state index contributed by atoms with van der Waals surface area (Å²) in [4.78, 5) is 23.2. The van der Waals surface area contributed by atoms with Crippen LogP contribution in [0.4, 0.5) is 10.5 Å². The summed E-state index contributed by atoms with van der Waals surface area (Å²) >= 11 is 0. The van der Waals surface area contributed by atoms with E-state index in [4.69, 9.17) is 10.8 Å². The van der Waals surface area contributed by atoms with Crippen molar-refractivity contribution in [3.8, 4) is 0 Å². The van der Waals surface area contributed by atoms with Gasteiger partial charge in [-0.15, -0.1) is 0 Å². The Kier molecular flexibility index (Phi) is 6.52. The zero-order valence-corrected chi connectivity index (χ0v) is 11.3. The highest BCUT2D eigenvalue weighted by atomic mass is 16.4. The van der Waals surface area contributed by atoms with Crippen molar-refractivity contribution in [3.63, 3.8) is 0 Å². The molecular weight excluding hydrogens is 260 g/mol. The summed E-state index contributed by atoms with van der Waals surface area (Å²) in [5.74, 6) is -1.03. The molecule has 110 valence electrons. The number of carboxylic acids is 1. The van der Waals surface area contributed by atoms with Crippen LogP contribution in [0, 0.1) is 0 Å². The Morgan fingerprint density at radius 1 is 1.00 bits per heavy atom. The maximum absolute atomic E-state index is 11.2. The van der Waals surface area contributed by atoms with Crippen molar-refractivity contribution in [2.24, 2.45) is 5.73 Å². The number of nitrogens with zero attached hydrogens (tertiary/aromatic N) is 1. The van der Waals surface area contributed by atoms with Crippen molar-refractivity contribution in [2.75, 3.05) is 18.0 Å². The van der Waals surface area contributed by atoms with Crippen LogP contribution in [-0.2, 0) is 0 Å². The van der Waals surface area contributed by atoms with E-state index in [1.807, 2.05) is 0 Å². The Morgan fingerprint density at radius 2 is 1.60 bits per heavy atom. The fourth-order valence-corrected chi connectivity index (χ4v) is 1.89. The number of benzene rings is 1. The molecule has 1 aromatic rings. The average molecular weight is 280 g/mol. The van der Waals surface area contributed by atoms with Gasteiger partial charge in [-0.05, 0) is 43.7 Å². The molecule has 1 aromatic carbocycles. The van der Waals surface area contributed by atoms with E-state index in [2.05, 4.69) is 0 Å². The van der Waals surface area contributed by atoms with Crippen LogP contribution in [0.3, 0.4) is 0 Å². The molecule has 0 aromatic heterocycles. The number of amides is 1. The first kappa shape index (κ1) is 16.0. The summed E-state index contributed by atoms with van der Waals surface area (Å²) in [5.41, 5.74) is 6.02. The molecule has 0 saturated carbocycles. The summed E-state index contributed by atoms with van der Waals surface area (Å²) in [7, 11) is 0. The summed E-state index contributed by atoms with van der Waals surface area (Å²) in [5, 5.41) is 18.0. The second-order valence-electron chi connectivity index (χ2n) is 4.49. The maximum Gasteiger partial charge on any atom is 0.411 e. The zero-order valence-electron chi connectivity index (χ0n) is 11.3. The Balaban J connectivity index is 2.61. The number of unbranched alkanes of at least 4 members (excludes halogenated alkanes) is 3. The van der Waals surface area contributed by atoms with Crippen molar-refractivity contribution in [3.05, 3.63) is 29.8 Å². The standard InChI is InChI=1S/C14H20N2O4/c15-9-3-1-2-4-10-16(14(19)20)12-7-5-11(6-8-12)13(17)18/h5-8H,1-4,9-10,15H2,(H,17,18)(H,19,20). The summed E-state index contributed by atoms with van der Waals surface area (Å²) in [6.45, 7) is 1.05. The molecule has 0 spiro atoms. The predicted octanol–water partition coefficient (Wildman–Crippen LogP) is 2.39. The molecule has 20 heavy (non-hydrogen) atoms. The second kappa shape index (κ2) is 8.16. The molecule has 1 rings (SSSR count). The monoisotopic (exact) mass is 280 g/mol. The number of carboxylic acid groups (broad SMARTS) is 2. The van der Waals surface area contributed by atoms with Gasteiger partial charge in [-0.2, -0.15) is 0 Å². The van der Waals surface area contributed by atoms with E-state index < -0.39 is 12.1 Å². The lowest BCUT2D eigenvalue weighted by Crippen LogP contribution is -2.30. The Labute approximate surface area is 117 Å². The van der Waals surface area contributed by atoms with Gasteiger partial charge in [0.15, 0.2) is 0 Å². The fraction of sp³-hybridized carbons (Fsp3) is 0.429. The van der Waals surface area contributed by atoms with Gasteiger partial charge in [0.25, 0.3) is 0 Å². The molecule has 0 atom stereocenters. The molecule has 4 N–H and O–H groups in total. The molecule has 6 heteroatoms. The minimum absolute atomic E-state index is 0.141. The van der Waals surface area contributed by atoms with Gasteiger partial charge in [0.05, 0.1) is 5.56 Å². The molecule has 0 aliphatic carbocycles. The average Bonchev–Trinajstić information content (AvgIpc) is 2.42. The van der Waals surface area contributed by atoms with E-state index in [9.17, 15) is 14.7 Å². The van der Waals surface area contributed by atoms with Gasteiger partial charge in [-0.1, -0.05) is 12.8 Å². The largest absolute Gasteiger partial charge is 0.478 e. The first-order valence-corrected chi connectivity index (χ1v) is 6.60. The molecule has 0 unspecified atom stereocenters. The number of nitrogens with two attached hydrogens (primary N) is 1. The van der Waals surface area contributed by atoms with Crippen molar-refractivity contribution in [1.29, 1.82) is 0 Å². The third kappa shape index (κ3) is 4.89. The normalized spacial score (nSPS) is 10.2. The Morgan fingerprint density at radius 3 is 2.10 bits per heavy atom. The van der Waals surface area contributed by atoms with Crippen molar-refractivity contribution in [1.82, 2.24) is 0 Å². The minimum atomic E-state index is -1.04. The van der Waals surface area contributed by atoms with Gasteiger partial charge >= 0.3 is 12.1 Å². The van der Waals surface area contributed by atoms with Crippen LogP contribution in [0.5, 0.6) is 0 Å². The zero-order chi connectivity index (χ0) is 15.0. The highest BCUT2D eigenvalue weighted by Gasteiger charge is 2.14. The topological polar surface area (TPSA) is 104 Å². The third-order valence-corrected chi connectivity index (χ3v) is 2.99. The lowest BCUT2D eigenvalue weighted by Gasteiger charge is -2.19. The Hall–Kier alpha value is -2.08. The van der Waals surface area contributed by atoms with Crippen LogP contribution in [0.2, 0.25) is 0 Å². The molecule has 0 saturated heterocycles. The molecular formula is C14H20N2O4. The summed E-state index contributed by atoms with van der Waals surface area (Å²) in [6.07, 6.45) is 2.58. The van der Waals surface area contributed by atoms with E-state index in [1.165, 1.54) is 29.2 Å². The molecule has 0 aliphatic heterocycles. The predicted molar refractivity (Wildman–Crippen MR) is 76.3 cm³/mol. The van der Waals surface area contributed by atoms with Gasteiger partial charge in [0.2, 0.25) is 0 Å². The fourth-order valence-electron chi connectivity index (χ4n) is 1.89. The van der Waals surface area contributed by atoms with E-state index in [0.717, 1.165) is 25.7 Å². The quantitative estimate of drug-likeness (QED) is 0.634. The van der Waals surface area contributed by atoms with Crippen LogP contribution in [-0.4, -0.2) is 35.4 Å². The van der Waals surface area contributed by atoms with Crippen LogP contribution < -0.4 is 10.6 Å². The first-order chi connectivity index (χ1) is 9.56. The SMILES string of the molecule is NCCCCCCN(C(=O)O)c1ccc(C(=O)O)cc1. The van der Waals surface area contributed by atoms with Crippen molar-refractivity contribution in [2.45, 2.75) is 25.7 Å². The smallest absolute Gasteiger partial charge is 0.411 e. The van der Waals surface area contributed by atoms with Gasteiger partial charge in [-0.3, -0.25) is 4.90 Å². The number of rotatable bonds is 8. The second-order valence-corrected chi connectivity index (χ2v) is 4.49.